The van der Waals surface area contributed by atoms with Crippen molar-refractivity contribution in [2.45, 2.75) is 11.2 Å². The average molecular weight is 271 g/mol. The molecule has 2 aromatic rings. The van der Waals surface area contributed by atoms with E-state index in [1.54, 1.807) is 7.05 Å². The Kier molecular flexibility index (Phi) is 3.87. The van der Waals surface area contributed by atoms with Crippen LogP contribution >= 0.6 is 11.8 Å². The first-order valence-corrected chi connectivity index (χ1v) is 6.12. The summed E-state index contributed by atoms with van der Waals surface area (Å²) in [4.78, 5) is 0. The highest BCUT2D eigenvalue weighted by Crippen LogP contribution is 2.21. The van der Waals surface area contributed by atoms with E-state index in [0.29, 0.717) is 16.5 Å². The normalized spacial score (nSPS) is 12.7. The minimum absolute atomic E-state index is 0.415. The molecular formula is C10H11F2N5S. The third-order valence-electron chi connectivity index (χ3n) is 2.35. The number of benzene rings is 1. The highest BCUT2D eigenvalue weighted by atomic mass is 32.2. The van der Waals surface area contributed by atoms with E-state index in [4.69, 9.17) is 5.73 Å². The number of halogens is 2. The second-order valence-electron chi connectivity index (χ2n) is 3.68. The fraction of sp³-hybridized carbons (Fsp3) is 0.300. The van der Waals surface area contributed by atoms with Gasteiger partial charge in [0.15, 0.2) is 11.6 Å². The molecule has 8 heteroatoms. The zero-order valence-corrected chi connectivity index (χ0v) is 10.4. The summed E-state index contributed by atoms with van der Waals surface area (Å²) in [7, 11) is 1.71. The summed E-state index contributed by atoms with van der Waals surface area (Å²) >= 11 is 1.35. The van der Waals surface area contributed by atoms with Crippen LogP contribution in [0.4, 0.5) is 8.78 Å². The van der Waals surface area contributed by atoms with Gasteiger partial charge in [-0.05, 0) is 28.1 Å². The third-order valence-corrected chi connectivity index (χ3v) is 3.47. The van der Waals surface area contributed by atoms with Crippen molar-refractivity contribution in [3.8, 4) is 0 Å². The summed E-state index contributed by atoms with van der Waals surface area (Å²) in [5.74, 6) is -1.30. The first-order valence-electron chi connectivity index (χ1n) is 5.13. The van der Waals surface area contributed by atoms with Crippen LogP contribution in [0.1, 0.15) is 11.6 Å². The summed E-state index contributed by atoms with van der Waals surface area (Å²) in [5.41, 5.74) is 6.43. The number of tetrazole rings is 1. The lowest BCUT2D eigenvalue weighted by molar-refractivity contribution is 0.506. The molecule has 2 N–H and O–H groups in total. The largest absolute Gasteiger partial charge is 0.323 e. The van der Waals surface area contributed by atoms with Crippen molar-refractivity contribution in [3.63, 3.8) is 0 Å². The molecule has 2 rings (SSSR count). The molecule has 0 aliphatic heterocycles. The number of aromatic nitrogens is 4. The fourth-order valence-electron chi connectivity index (χ4n) is 1.35. The van der Waals surface area contributed by atoms with Crippen LogP contribution < -0.4 is 5.73 Å². The summed E-state index contributed by atoms with van der Waals surface area (Å²) in [6.45, 7) is 0. The summed E-state index contributed by atoms with van der Waals surface area (Å²) < 4.78 is 27.3. The van der Waals surface area contributed by atoms with Gasteiger partial charge >= 0.3 is 0 Å². The third kappa shape index (κ3) is 2.82. The lowest BCUT2D eigenvalue weighted by Crippen LogP contribution is -2.14. The number of nitrogens with two attached hydrogens (primary N) is 1. The first kappa shape index (κ1) is 12.9. The minimum Gasteiger partial charge on any atom is -0.323 e. The van der Waals surface area contributed by atoms with Gasteiger partial charge in [0.1, 0.15) is 0 Å². The smallest absolute Gasteiger partial charge is 0.209 e. The van der Waals surface area contributed by atoms with E-state index in [9.17, 15) is 8.78 Å². The van der Waals surface area contributed by atoms with E-state index in [-0.39, 0.29) is 0 Å². The average Bonchev–Trinajstić information content (AvgIpc) is 2.75. The van der Waals surface area contributed by atoms with Crippen LogP contribution in [-0.4, -0.2) is 26.0 Å². The zero-order chi connectivity index (χ0) is 13.1. The van der Waals surface area contributed by atoms with Crippen LogP contribution in [-0.2, 0) is 7.05 Å². The van der Waals surface area contributed by atoms with Crippen LogP contribution in [0.2, 0.25) is 0 Å². The highest BCUT2D eigenvalue weighted by molar-refractivity contribution is 7.99. The van der Waals surface area contributed by atoms with Crippen LogP contribution in [0.3, 0.4) is 0 Å². The summed E-state index contributed by atoms with van der Waals surface area (Å²) in [6, 6.07) is 3.23. The molecular weight excluding hydrogens is 260 g/mol. The highest BCUT2D eigenvalue weighted by Gasteiger charge is 2.12. The predicted octanol–water partition coefficient (Wildman–Crippen LogP) is 1.28. The molecule has 18 heavy (non-hydrogen) atoms. The van der Waals surface area contributed by atoms with Crippen molar-refractivity contribution in [1.29, 1.82) is 0 Å². The van der Waals surface area contributed by atoms with Crippen molar-refractivity contribution in [2.24, 2.45) is 12.8 Å². The molecule has 0 saturated heterocycles. The number of rotatable bonds is 4. The number of hydrogen-bond acceptors (Lipinski definition) is 5. The van der Waals surface area contributed by atoms with Gasteiger partial charge in [-0.15, -0.1) is 5.10 Å². The van der Waals surface area contributed by atoms with E-state index in [1.807, 2.05) is 0 Å². The van der Waals surface area contributed by atoms with Crippen molar-refractivity contribution >= 4 is 11.8 Å². The van der Waals surface area contributed by atoms with Crippen molar-refractivity contribution in [1.82, 2.24) is 20.2 Å². The van der Waals surface area contributed by atoms with Crippen molar-refractivity contribution in [3.05, 3.63) is 35.4 Å². The number of nitrogens with zero attached hydrogens (tertiary/aromatic N) is 4. The van der Waals surface area contributed by atoms with Crippen LogP contribution in [0.25, 0.3) is 0 Å². The topological polar surface area (TPSA) is 69.6 Å². The van der Waals surface area contributed by atoms with Gasteiger partial charge in [-0.2, -0.15) is 0 Å². The van der Waals surface area contributed by atoms with Gasteiger partial charge in [0.25, 0.3) is 0 Å². The molecule has 1 aromatic heterocycles. The van der Waals surface area contributed by atoms with Crippen LogP contribution in [0.15, 0.2) is 23.4 Å². The molecule has 96 valence electrons. The molecule has 0 fully saturated rings. The maximum Gasteiger partial charge on any atom is 0.209 e. The van der Waals surface area contributed by atoms with Gasteiger partial charge in [-0.1, -0.05) is 17.8 Å². The van der Waals surface area contributed by atoms with E-state index in [2.05, 4.69) is 15.5 Å². The van der Waals surface area contributed by atoms with Gasteiger partial charge in [0, 0.05) is 18.8 Å². The van der Waals surface area contributed by atoms with Gasteiger partial charge in [0.05, 0.1) is 0 Å². The molecule has 1 unspecified atom stereocenters. The van der Waals surface area contributed by atoms with Crippen LogP contribution in [0, 0.1) is 11.6 Å². The van der Waals surface area contributed by atoms with E-state index >= 15 is 0 Å². The van der Waals surface area contributed by atoms with Crippen molar-refractivity contribution < 1.29 is 8.78 Å². The fourth-order valence-corrected chi connectivity index (χ4v) is 2.19. The Morgan fingerprint density at radius 3 is 2.78 bits per heavy atom. The Labute approximate surface area is 106 Å². The predicted molar refractivity (Wildman–Crippen MR) is 62.8 cm³/mol. The first-order chi connectivity index (χ1) is 8.58. The Hall–Kier alpha value is -1.54. The SMILES string of the molecule is Cn1nnnc1SCC(N)c1ccc(F)c(F)c1. The minimum atomic E-state index is -0.895. The van der Waals surface area contributed by atoms with Gasteiger partial charge in [-0.3, -0.25) is 0 Å². The molecule has 0 aliphatic rings. The quantitative estimate of drug-likeness (QED) is 0.848. The van der Waals surface area contributed by atoms with Gasteiger partial charge in [-0.25, -0.2) is 13.5 Å². The lowest BCUT2D eigenvalue weighted by Gasteiger charge is -2.11. The lowest BCUT2D eigenvalue weighted by atomic mass is 10.1. The molecule has 1 atom stereocenters. The number of thioether (sulfide) groups is 1. The van der Waals surface area contributed by atoms with E-state index < -0.39 is 17.7 Å². The molecule has 0 aliphatic carbocycles. The molecule has 5 nitrogen and oxygen atoms in total. The maximum atomic E-state index is 13.0. The van der Waals surface area contributed by atoms with Gasteiger partial charge < -0.3 is 5.73 Å². The Balaban J connectivity index is 2.01. The molecule has 0 radical (unpaired) electrons. The number of hydrogen-bond donors (Lipinski definition) is 1. The molecule has 0 spiro atoms. The standard InChI is InChI=1S/C10H11F2N5S/c1-17-10(14-15-16-17)18-5-9(13)6-2-3-7(11)8(12)4-6/h2-4,9H,5,13H2,1H3. The monoisotopic (exact) mass is 271 g/mol. The summed E-state index contributed by atoms with van der Waals surface area (Å²) in [6.07, 6.45) is 0. The zero-order valence-electron chi connectivity index (χ0n) is 9.55. The van der Waals surface area contributed by atoms with Gasteiger partial charge in [0.2, 0.25) is 5.16 Å². The van der Waals surface area contributed by atoms with E-state index in [1.165, 1.54) is 22.5 Å². The van der Waals surface area contributed by atoms with E-state index in [0.717, 1.165) is 12.1 Å². The Morgan fingerprint density at radius 2 is 2.17 bits per heavy atom. The molecule has 1 heterocycles. The second-order valence-corrected chi connectivity index (χ2v) is 4.66. The number of aryl methyl sites for hydroxylation is 1. The Morgan fingerprint density at radius 1 is 1.39 bits per heavy atom. The maximum absolute atomic E-state index is 13.0. The molecule has 1 aromatic carbocycles. The second kappa shape index (κ2) is 5.40. The molecule has 0 amide bonds. The molecule has 0 bridgehead atoms. The summed E-state index contributed by atoms with van der Waals surface area (Å²) in [5, 5.41) is 11.6. The van der Waals surface area contributed by atoms with Crippen LogP contribution in [0.5, 0.6) is 0 Å². The Bertz CT molecular complexity index is 545. The van der Waals surface area contributed by atoms with Crippen molar-refractivity contribution in [2.75, 3.05) is 5.75 Å². The molecule has 0 saturated carbocycles.